The lowest BCUT2D eigenvalue weighted by Crippen LogP contribution is -2.41. The molecular weight excluding hydrogens is 386 g/mol. The number of nitrogens with one attached hydrogen (secondary N) is 1. The highest BCUT2D eigenvalue weighted by Gasteiger charge is 2.19. The van der Waals surface area contributed by atoms with Gasteiger partial charge in [-0.2, -0.15) is 0 Å². The van der Waals surface area contributed by atoms with Gasteiger partial charge >= 0.3 is 0 Å². The molecule has 1 aliphatic rings. The molecule has 2 aromatic carbocycles. The van der Waals surface area contributed by atoms with Gasteiger partial charge in [0.25, 0.3) is 15.7 Å². The van der Waals surface area contributed by atoms with E-state index in [1.165, 1.54) is 18.2 Å². The summed E-state index contributed by atoms with van der Waals surface area (Å²) in [4.78, 5) is 24.0. The van der Waals surface area contributed by atoms with E-state index >= 15 is 0 Å². The van der Waals surface area contributed by atoms with E-state index in [-0.39, 0.29) is 22.9 Å². The fraction of sp³-hybridized carbons (Fsp3) is 0.278. The molecule has 1 heterocycles. The van der Waals surface area contributed by atoms with E-state index in [0.29, 0.717) is 32.0 Å². The van der Waals surface area contributed by atoms with Gasteiger partial charge in [-0.05, 0) is 23.8 Å². The lowest BCUT2D eigenvalue weighted by molar-refractivity contribution is -0.385. The second-order valence-electron chi connectivity index (χ2n) is 6.23. The van der Waals surface area contributed by atoms with Gasteiger partial charge in [0.05, 0.1) is 29.5 Å². The third-order valence-electron chi connectivity index (χ3n) is 4.26. The highest BCUT2D eigenvalue weighted by Crippen LogP contribution is 2.21. The van der Waals surface area contributed by atoms with Crippen LogP contribution in [0.4, 0.5) is 11.4 Å². The number of ether oxygens (including phenoxy) is 1. The summed E-state index contributed by atoms with van der Waals surface area (Å²) in [5.74, 6) is -0.00627. The van der Waals surface area contributed by atoms with Crippen LogP contribution in [0, 0.1) is 10.1 Å². The topological polar surface area (TPSA) is 119 Å². The number of amides is 1. The second-order valence-corrected chi connectivity index (χ2v) is 7.91. The van der Waals surface area contributed by atoms with Crippen molar-refractivity contribution in [1.29, 1.82) is 0 Å². The maximum atomic E-state index is 12.4. The number of hydrogen-bond acceptors (Lipinski definition) is 6. The fourth-order valence-electron chi connectivity index (χ4n) is 2.77. The number of anilines is 1. The van der Waals surface area contributed by atoms with Gasteiger partial charge in [0.2, 0.25) is 5.91 Å². The summed E-state index contributed by atoms with van der Waals surface area (Å²) in [6.45, 7) is 2.20. The van der Waals surface area contributed by atoms with Crippen molar-refractivity contribution in [3.8, 4) is 0 Å². The molecule has 0 aliphatic carbocycles. The Morgan fingerprint density at radius 3 is 2.46 bits per heavy atom. The number of rotatable bonds is 6. The van der Waals surface area contributed by atoms with Crippen molar-refractivity contribution in [2.45, 2.75) is 11.3 Å². The lowest BCUT2D eigenvalue weighted by atomic mass is 10.1. The van der Waals surface area contributed by atoms with Gasteiger partial charge in [0.1, 0.15) is 0 Å². The Morgan fingerprint density at radius 2 is 1.82 bits per heavy atom. The normalized spacial score (nSPS) is 14.5. The zero-order valence-corrected chi connectivity index (χ0v) is 15.7. The highest BCUT2D eigenvalue weighted by atomic mass is 32.2. The van der Waals surface area contributed by atoms with Crippen LogP contribution in [0.1, 0.15) is 5.56 Å². The van der Waals surface area contributed by atoms with E-state index in [1.54, 1.807) is 29.2 Å². The summed E-state index contributed by atoms with van der Waals surface area (Å²) >= 11 is 0. The van der Waals surface area contributed by atoms with Crippen LogP contribution in [0.2, 0.25) is 0 Å². The summed E-state index contributed by atoms with van der Waals surface area (Å²) < 4.78 is 32.5. The number of benzene rings is 2. The molecule has 28 heavy (non-hydrogen) atoms. The Kier molecular flexibility index (Phi) is 5.90. The van der Waals surface area contributed by atoms with Gasteiger partial charge < -0.3 is 9.64 Å². The first-order valence-corrected chi connectivity index (χ1v) is 10.1. The summed E-state index contributed by atoms with van der Waals surface area (Å²) in [6.07, 6.45) is 0.220. The van der Waals surface area contributed by atoms with Crippen molar-refractivity contribution in [2.24, 2.45) is 0 Å². The Hall–Kier alpha value is -2.98. The van der Waals surface area contributed by atoms with E-state index in [4.69, 9.17) is 4.74 Å². The molecule has 1 amide bonds. The van der Waals surface area contributed by atoms with E-state index in [0.717, 1.165) is 11.6 Å². The van der Waals surface area contributed by atoms with Crippen LogP contribution in [0.25, 0.3) is 0 Å². The quantitative estimate of drug-likeness (QED) is 0.578. The number of carbonyl (C=O) groups is 1. The van der Waals surface area contributed by atoms with Crippen LogP contribution in [0.5, 0.6) is 0 Å². The van der Waals surface area contributed by atoms with Gasteiger partial charge in [-0.25, -0.2) is 8.42 Å². The average molecular weight is 405 g/mol. The van der Waals surface area contributed by atoms with Crippen molar-refractivity contribution in [3.05, 3.63) is 64.2 Å². The number of sulfonamides is 1. The zero-order chi connectivity index (χ0) is 20.1. The smallest absolute Gasteiger partial charge is 0.270 e. The van der Waals surface area contributed by atoms with E-state index in [2.05, 4.69) is 4.72 Å². The number of nitro groups is 1. The average Bonchev–Trinajstić information content (AvgIpc) is 2.70. The third kappa shape index (κ3) is 4.84. The van der Waals surface area contributed by atoms with E-state index in [9.17, 15) is 23.3 Å². The van der Waals surface area contributed by atoms with Gasteiger partial charge in [-0.15, -0.1) is 0 Å². The third-order valence-corrected chi connectivity index (χ3v) is 5.64. The molecule has 0 atom stereocenters. The van der Waals surface area contributed by atoms with Crippen LogP contribution in [-0.4, -0.2) is 50.5 Å². The Morgan fingerprint density at radius 1 is 1.14 bits per heavy atom. The summed E-state index contributed by atoms with van der Waals surface area (Å²) in [6, 6.07) is 11.3. The molecule has 0 unspecified atom stereocenters. The molecular formula is C18H19N3O6S. The lowest BCUT2D eigenvalue weighted by Gasteiger charge is -2.26. The maximum Gasteiger partial charge on any atom is 0.270 e. The van der Waals surface area contributed by atoms with Crippen LogP contribution in [0.15, 0.2) is 53.4 Å². The molecule has 0 spiro atoms. The predicted molar refractivity (Wildman–Crippen MR) is 101 cm³/mol. The van der Waals surface area contributed by atoms with Gasteiger partial charge in [0, 0.05) is 30.9 Å². The van der Waals surface area contributed by atoms with Gasteiger partial charge in [-0.1, -0.05) is 18.2 Å². The molecule has 1 fully saturated rings. The predicted octanol–water partition coefficient (Wildman–Crippen LogP) is 1.80. The molecule has 1 aliphatic heterocycles. The van der Waals surface area contributed by atoms with Gasteiger partial charge in [0.15, 0.2) is 0 Å². The molecule has 0 radical (unpaired) electrons. The monoisotopic (exact) mass is 405 g/mol. The molecule has 10 heteroatoms. The van der Waals surface area contributed by atoms with E-state index < -0.39 is 14.9 Å². The van der Waals surface area contributed by atoms with Crippen LogP contribution < -0.4 is 4.72 Å². The first-order chi connectivity index (χ1) is 13.3. The Balaban J connectivity index is 1.67. The van der Waals surface area contributed by atoms with Gasteiger partial charge in [-0.3, -0.25) is 19.6 Å². The minimum absolute atomic E-state index is 0.00627. The van der Waals surface area contributed by atoms with Crippen molar-refractivity contribution < 1.29 is 22.9 Å². The SMILES string of the molecule is O=C(Cc1ccc(NS(=O)(=O)c2cccc([N+](=O)[O-])c2)cc1)N1CCOCC1. The standard InChI is InChI=1S/C18H19N3O6S/c22-18(20-8-10-27-11-9-20)12-14-4-6-15(7-5-14)19-28(25,26)17-3-1-2-16(13-17)21(23)24/h1-7,13,19H,8-12H2. The van der Waals surface area contributed by atoms with Crippen LogP contribution in [-0.2, 0) is 26.0 Å². The molecule has 148 valence electrons. The molecule has 2 aromatic rings. The number of nitro benzene ring substituents is 1. The first kappa shape index (κ1) is 19.8. The number of carbonyl (C=O) groups excluding carboxylic acids is 1. The largest absolute Gasteiger partial charge is 0.378 e. The number of morpholine rings is 1. The van der Waals surface area contributed by atoms with Crippen LogP contribution >= 0.6 is 0 Å². The molecule has 9 nitrogen and oxygen atoms in total. The Bertz CT molecular complexity index is 969. The number of nitrogens with zero attached hydrogens (tertiary/aromatic N) is 2. The molecule has 0 aromatic heterocycles. The summed E-state index contributed by atoms with van der Waals surface area (Å²) in [7, 11) is -3.97. The van der Waals surface area contributed by atoms with Crippen molar-refractivity contribution >= 4 is 27.3 Å². The minimum atomic E-state index is -3.97. The molecule has 1 saturated heterocycles. The second kappa shape index (κ2) is 8.36. The molecule has 0 bridgehead atoms. The summed E-state index contributed by atoms with van der Waals surface area (Å²) in [5.41, 5.74) is 0.753. The van der Waals surface area contributed by atoms with Crippen molar-refractivity contribution in [2.75, 3.05) is 31.0 Å². The number of non-ortho nitro benzene ring substituents is 1. The van der Waals surface area contributed by atoms with Crippen molar-refractivity contribution in [1.82, 2.24) is 4.90 Å². The minimum Gasteiger partial charge on any atom is -0.378 e. The van der Waals surface area contributed by atoms with Crippen LogP contribution in [0.3, 0.4) is 0 Å². The maximum absolute atomic E-state index is 12.4. The van der Waals surface area contributed by atoms with Crippen molar-refractivity contribution in [3.63, 3.8) is 0 Å². The first-order valence-electron chi connectivity index (χ1n) is 8.57. The summed E-state index contributed by atoms with van der Waals surface area (Å²) in [5, 5.41) is 10.8. The highest BCUT2D eigenvalue weighted by molar-refractivity contribution is 7.92. The fourth-order valence-corrected chi connectivity index (χ4v) is 3.87. The Labute approximate surface area is 162 Å². The zero-order valence-electron chi connectivity index (χ0n) is 14.9. The van der Waals surface area contributed by atoms with E-state index in [1.807, 2.05) is 0 Å². The number of hydrogen-bond donors (Lipinski definition) is 1. The molecule has 3 rings (SSSR count). The molecule has 0 saturated carbocycles. The molecule has 1 N–H and O–H groups in total.